The number of nitrogens with one attached hydrogen (secondary N) is 1. The van der Waals surface area contributed by atoms with Crippen molar-refractivity contribution in [2.24, 2.45) is 0 Å². The molecule has 2 aromatic rings. The van der Waals surface area contributed by atoms with E-state index in [0.717, 1.165) is 12.2 Å². The minimum Gasteiger partial charge on any atom is -0.344 e. The molecule has 0 saturated heterocycles. The van der Waals surface area contributed by atoms with Gasteiger partial charge in [0.25, 0.3) is 0 Å². The number of rotatable bonds is 5. The Bertz CT molecular complexity index is 613. The molecule has 1 N–H and O–H groups in total. The molecule has 2 nitrogen and oxygen atoms in total. The molecule has 0 aromatic heterocycles. The van der Waals surface area contributed by atoms with Crippen LogP contribution in [0.5, 0.6) is 0 Å². The summed E-state index contributed by atoms with van der Waals surface area (Å²) in [6.07, 6.45) is 0. The Morgan fingerprint density at radius 1 is 1.14 bits per heavy atom. The maximum atomic E-state index is 14.2. The lowest BCUT2D eigenvalue weighted by Gasteiger charge is -2.26. The Morgan fingerprint density at radius 2 is 1.86 bits per heavy atom. The van der Waals surface area contributed by atoms with Gasteiger partial charge in [0, 0.05) is 30.0 Å². The highest BCUT2D eigenvalue weighted by molar-refractivity contribution is 5.66. The first-order valence-electron chi connectivity index (χ1n) is 7.05. The average Bonchev–Trinajstić information content (AvgIpc) is 2.46. The van der Waals surface area contributed by atoms with Gasteiger partial charge in [-0.1, -0.05) is 19.1 Å². The molecule has 0 saturated carbocycles. The third-order valence-corrected chi connectivity index (χ3v) is 3.53. The van der Waals surface area contributed by atoms with Crippen LogP contribution < -0.4 is 10.2 Å². The lowest BCUT2D eigenvalue weighted by atomic mass is 10.0. The van der Waals surface area contributed by atoms with Crippen LogP contribution in [-0.4, -0.2) is 13.6 Å². The highest BCUT2D eigenvalue weighted by Gasteiger charge is 2.18. The van der Waals surface area contributed by atoms with Crippen molar-refractivity contribution in [3.63, 3.8) is 0 Å². The quantitative estimate of drug-likeness (QED) is 0.878. The minimum absolute atomic E-state index is 0.123. The third kappa shape index (κ3) is 3.39. The first-order chi connectivity index (χ1) is 10.0. The van der Waals surface area contributed by atoms with Crippen LogP contribution in [0.2, 0.25) is 0 Å². The fourth-order valence-corrected chi connectivity index (χ4v) is 2.48. The standard InChI is InChI=1S/C17H20F2N2/c1-4-20-12(2)17-15(19)9-6-10-16(17)21(3)14-8-5-7-13(18)11-14/h5-12,20H,4H2,1-3H3. The second-order valence-corrected chi connectivity index (χ2v) is 4.99. The van der Waals surface area contributed by atoms with Crippen LogP contribution in [-0.2, 0) is 0 Å². The SMILES string of the molecule is CCNC(C)c1c(F)cccc1N(C)c1cccc(F)c1. The summed E-state index contributed by atoms with van der Waals surface area (Å²) in [6, 6.07) is 11.1. The summed E-state index contributed by atoms with van der Waals surface area (Å²) in [7, 11) is 1.81. The second-order valence-electron chi connectivity index (χ2n) is 4.99. The maximum Gasteiger partial charge on any atom is 0.130 e. The summed E-state index contributed by atoms with van der Waals surface area (Å²) < 4.78 is 27.6. The normalized spacial score (nSPS) is 12.2. The molecule has 0 bridgehead atoms. The van der Waals surface area contributed by atoms with Gasteiger partial charge in [-0.3, -0.25) is 0 Å². The molecule has 0 heterocycles. The molecule has 1 unspecified atom stereocenters. The highest BCUT2D eigenvalue weighted by atomic mass is 19.1. The Balaban J connectivity index is 2.45. The Morgan fingerprint density at radius 3 is 2.52 bits per heavy atom. The Kier molecular flexibility index (Phi) is 4.91. The molecular weight excluding hydrogens is 270 g/mol. The Labute approximate surface area is 124 Å². The smallest absolute Gasteiger partial charge is 0.130 e. The maximum absolute atomic E-state index is 14.2. The lowest BCUT2D eigenvalue weighted by Crippen LogP contribution is -2.22. The molecule has 0 spiro atoms. The number of hydrogen-bond donors (Lipinski definition) is 1. The average molecular weight is 290 g/mol. The van der Waals surface area contributed by atoms with Gasteiger partial charge in [0.2, 0.25) is 0 Å². The van der Waals surface area contributed by atoms with Gasteiger partial charge in [-0.05, 0) is 43.8 Å². The molecular formula is C17H20F2N2. The van der Waals surface area contributed by atoms with Crippen LogP contribution in [0.15, 0.2) is 42.5 Å². The number of anilines is 2. The molecule has 0 aliphatic rings. The zero-order valence-electron chi connectivity index (χ0n) is 12.5. The zero-order chi connectivity index (χ0) is 15.4. The molecule has 0 radical (unpaired) electrons. The minimum atomic E-state index is -0.308. The first-order valence-corrected chi connectivity index (χ1v) is 7.05. The first kappa shape index (κ1) is 15.4. The van der Waals surface area contributed by atoms with Crippen molar-refractivity contribution in [2.75, 3.05) is 18.5 Å². The molecule has 2 rings (SSSR count). The van der Waals surface area contributed by atoms with Crippen molar-refractivity contribution in [1.82, 2.24) is 5.32 Å². The van der Waals surface area contributed by atoms with Gasteiger partial charge in [0.15, 0.2) is 0 Å². The fraction of sp³-hybridized carbons (Fsp3) is 0.294. The van der Waals surface area contributed by atoms with Gasteiger partial charge in [-0.25, -0.2) is 8.78 Å². The fourth-order valence-electron chi connectivity index (χ4n) is 2.48. The van der Waals surface area contributed by atoms with E-state index in [-0.39, 0.29) is 17.7 Å². The van der Waals surface area contributed by atoms with Crippen LogP contribution in [0.1, 0.15) is 25.5 Å². The molecule has 21 heavy (non-hydrogen) atoms. The summed E-state index contributed by atoms with van der Waals surface area (Å²) in [4.78, 5) is 1.80. The van der Waals surface area contributed by atoms with Gasteiger partial charge in [-0.2, -0.15) is 0 Å². The Hall–Kier alpha value is -1.94. The summed E-state index contributed by atoms with van der Waals surface area (Å²) >= 11 is 0. The van der Waals surface area contributed by atoms with Crippen molar-refractivity contribution >= 4 is 11.4 Å². The second kappa shape index (κ2) is 6.68. The van der Waals surface area contributed by atoms with Crippen LogP contribution in [0.25, 0.3) is 0 Å². The molecule has 0 amide bonds. The predicted octanol–water partition coefficient (Wildman–Crippen LogP) is 4.40. The van der Waals surface area contributed by atoms with E-state index in [1.807, 2.05) is 27.0 Å². The van der Waals surface area contributed by atoms with E-state index in [1.165, 1.54) is 18.2 Å². The largest absolute Gasteiger partial charge is 0.344 e. The van der Waals surface area contributed by atoms with E-state index >= 15 is 0 Å². The number of nitrogens with zero attached hydrogens (tertiary/aromatic N) is 1. The predicted molar refractivity (Wildman–Crippen MR) is 83.0 cm³/mol. The van der Waals surface area contributed by atoms with Crippen molar-refractivity contribution in [1.29, 1.82) is 0 Å². The van der Waals surface area contributed by atoms with Gasteiger partial charge >= 0.3 is 0 Å². The molecule has 112 valence electrons. The molecule has 0 aliphatic heterocycles. The lowest BCUT2D eigenvalue weighted by molar-refractivity contribution is 0.541. The highest BCUT2D eigenvalue weighted by Crippen LogP contribution is 2.32. The van der Waals surface area contributed by atoms with Crippen molar-refractivity contribution in [2.45, 2.75) is 19.9 Å². The number of halogens is 2. The monoisotopic (exact) mass is 290 g/mol. The van der Waals surface area contributed by atoms with Crippen molar-refractivity contribution in [3.8, 4) is 0 Å². The topological polar surface area (TPSA) is 15.3 Å². The van der Waals surface area contributed by atoms with Gasteiger partial charge in [0.05, 0.1) is 0 Å². The summed E-state index contributed by atoms with van der Waals surface area (Å²) in [6.45, 7) is 4.65. The van der Waals surface area contributed by atoms with E-state index in [4.69, 9.17) is 0 Å². The summed E-state index contributed by atoms with van der Waals surface area (Å²) in [5.41, 5.74) is 2.01. The third-order valence-electron chi connectivity index (χ3n) is 3.53. The van der Waals surface area contributed by atoms with Crippen LogP contribution in [0, 0.1) is 11.6 Å². The van der Waals surface area contributed by atoms with Crippen LogP contribution >= 0.6 is 0 Å². The molecule has 4 heteroatoms. The molecule has 0 fully saturated rings. The van der Waals surface area contributed by atoms with Gasteiger partial charge in [-0.15, -0.1) is 0 Å². The van der Waals surface area contributed by atoms with Gasteiger partial charge in [0.1, 0.15) is 11.6 Å². The van der Waals surface area contributed by atoms with E-state index in [2.05, 4.69) is 5.32 Å². The molecule has 2 aromatic carbocycles. The number of hydrogen-bond acceptors (Lipinski definition) is 2. The van der Waals surface area contributed by atoms with E-state index in [0.29, 0.717) is 11.3 Å². The summed E-state index contributed by atoms with van der Waals surface area (Å²) in [5.74, 6) is -0.568. The van der Waals surface area contributed by atoms with E-state index in [9.17, 15) is 8.78 Å². The van der Waals surface area contributed by atoms with Crippen LogP contribution in [0.3, 0.4) is 0 Å². The molecule has 1 atom stereocenters. The van der Waals surface area contributed by atoms with Crippen molar-refractivity contribution in [3.05, 3.63) is 59.7 Å². The zero-order valence-corrected chi connectivity index (χ0v) is 12.5. The van der Waals surface area contributed by atoms with Gasteiger partial charge < -0.3 is 10.2 Å². The summed E-state index contributed by atoms with van der Waals surface area (Å²) in [5, 5.41) is 3.22. The van der Waals surface area contributed by atoms with E-state index in [1.54, 1.807) is 23.1 Å². The number of benzene rings is 2. The van der Waals surface area contributed by atoms with E-state index < -0.39 is 0 Å². The van der Waals surface area contributed by atoms with Crippen molar-refractivity contribution < 1.29 is 8.78 Å². The van der Waals surface area contributed by atoms with Crippen LogP contribution in [0.4, 0.5) is 20.2 Å². The molecule has 0 aliphatic carbocycles.